The third-order valence-corrected chi connectivity index (χ3v) is 2.05. The van der Waals surface area contributed by atoms with Crippen molar-refractivity contribution in [3.63, 3.8) is 0 Å². The van der Waals surface area contributed by atoms with Gasteiger partial charge in [0.15, 0.2) is 0 Å². The van der Waals surface area contributed by atoms with Crippen LogP contribution in [0, 0.1) is 18.3 Å². The molecule has 0 unspecified atom stereocenters. The number of nitriles is 1. The van der Waals surface area contributed by atoms with Gasteiger partial charge in [-0.15, -0.1) is 0 Å². The van der Waals surface area contributed by atoms with E-state index in [2.05, 4.69) is 11.1 Å². The van der Waals surface area contributed by atoms with Gasteiger partial charge in [0.25, 0.3) is 0 Å². The lowest BCUT2D eigenvalue weighted by Gasteiger charge is -1.96. The molecule has 1 aromatic carbocycles. The molecule has 2 rings (SSSR count). The van der Waals surface area contributed by atoms with E-state index in [0.29, 0.717) is 0 Å². The van der Waals surface area contributed by atoms with Gasteiger partial charge in [-0.05, 0) is 24.6 Å². The number of hydrogen-bond acceptors (Lipinski definition) is 1. The van der Waals surface area contributed by atoms with E-state index in [4.69, 9.17) is 5.26 Å². The summed E-state index contributed by atoms with van der Waals surface area (Å²) in [5.74, 6) is 0. The number of nitrogens with one attached hydrogen (secondary N) is 1. The Kier molecular flexibility index (Phi) is 1.38. The Labute approximate surface area is 70.4 Å². The second-order valence-electron chi connectivity index (χ2n) is 2.81. The highest BCUT2D eigenvalue weighted by molar-refractivity contribution is 5.87. The van der Waals surface area contributed by atoms with Crippen LogP contribution in [0.3, 0.4) is 0 Å². The lowest BCUT2D eigenvalue weighted by molar-refractivity contribution is 1.41. The molecule has 0 aliphatic heterocycles. The van der Waals surface area contributed by atoms with E-state index in [-0.39, 0.29) is 0 Å². The highest BCUT2D eigenvalue weighted by Gasteiger charge is 2.02. The van der Waals surface area contributed by atoms with Crippen LogP contribution in [0.15, 0.2) is 24.4 Å². The molecule has 0 saturated carbocycles. The van der Waals surface area contributed by atoms with E-state index in [1.54, 1.807) is 0 Å². The van der Waals surface area contributed by atoms with E-state index in [9.17, 15) is 0 Å². The summed E-state index contributed by atoms with van der Waals surface area (Å²) in [5.41, 5.74) is 2.97. The van der Waals surface area contributed by atoms with Crippen LogP contribution in [-0.2, 0) is 0 Å². The van der Waals surface area contributed by atoms with Gasteiger partial charge in [0.1, 0.15) is 0 Å². The summed E-state index contributed by atoms with van der Waals surface area (Å²) >= 11 is 0. The SMILES string of the molecule is Cc1ccc(C#N)c2cc[nH]c12. The van der Waals surface area contributed by atoms with Crippen molar-refractivity contribution in [1.29, 1.82) is 5.26 Å². The number of aryl methyl sites for hydroxylation is 1. The van der Waals surface area contributed by atoms with E-state index in [1.165, 1.54) is 5.56 Å². The van der Waals surface area contributed by atoms with Crippen LogP contribution in [0.25, 0.3) is 10.9 Å². The topological polar surface area (TPSA) is 39.6 Å². The minimum absolute atomic E-state index is 0.733. The summed E-state index contributed by atoms with van der Waals surface area (Å²) in [4.78, 5) is 3.11. The van der Waals surface area contributed by atoms with Crippen molar-refractivity contribution in [2.24, 2.45) is 0 Å². The molecule has 0 aliphatic rings. The summed E-state index contributed by atoms with van der Waals surface area (Å²) in [5, 5.41) is 9.79. The Balaban J connectivity index is 2.94. The van der Waals surface area contributed by atoms with Crippen LogP contribution < -0.4 is 0 Å². The van der Waals surface area contributed by atoms with Gasteiger partial charge in [0, 0.05) is 17.1 Å². The zero-order valence-corrected chi connectivity index (χ0v) is 6.76. The summed E-state index contributed by atoms with van der Waals surface area (Å²) in [6.07, 6.45) is 1.86. The number of aromatic amines is 1. The third-order valence-electron chi connectivity index (χ3n) is 2.05. The maximum absolute atomic E-state index is 8.78. The van der Waals surface area contributed by atoms with E-state index in [1.807, 2.05) is 31.3 Å². The fourth-order valence-corrected chi connectivity index (χ4v) is 1.40. The molecule has 0 atom stereocenters. The average molecular weight is 156 g/mol. The first-order valence-electron chi connectivity index (χ1n) is 3.79. The van der Waals surface area contributed by atoms with Crippen LogP contribution in [0.2, 0.25) is 0 Å². The van der Waals surface area contributed by atoms with Gasteiger partial charge in [0.05, 0.1) is 11.6 Å². The molecule has 0 amide bonds. The number of aromatic nitrogens is 1. The standard InChI is InChI=1S/C10H8N2/c1-7-2-3-8(6-11)9-4-5-12-10(7)9/h2-5,12H,1H3. The van der Waals surface area contributed by atoms with Crippen molar-refractivity contribution >= 4 is 10.9 Å². The Morgan fingerprint density at radius 1 is 1.33 bits per heavy atom. The highest BCUT2D eigenvalue weighted by atomic mass is 14.7. The number of hydrogen-bond donors (Lipinski definition) is 1. The van der Waals surface area contributed by atoms with Gasteiger partial charge < -0.3 is 4.98 Å². The predicted octanol–water partition coefficient (Wildman–Crippen LogP) is 2.35. The van der Waals surface area contributed by atoms with Crippen molar-refractivity contribution in [2.75, 3.05) is 0 Å². The average Bonchev–Trinajstić information content (AvgIpc) is 2.54. The minimum atomic E-state index is 0.733. The molecule has 0 spiro atoms. The number of fused-ring (bicyclic) bond motifs is 1. The summed E-state index contributed by atoms with van der Waals surface area (Å²) in [7, 11) is 0. The third kappa shape index (κ3) is 0.802. The largest absolute Gasteiger partial charge is 0.361 e. The monoisotopic (exact) mass is 156 g/mol. The first-order valence-corrected chi connectivity index (χ1v) is 3.79. The molecular formula is C10H8N2. The fourth-order valence-electron chi connectivity index (χ4n) is 1.40. The van der Waals surface area contributed by atoms with Gasteiger partial charge in [-0.3, -0.25) is 0 Å². The predicted molar refractivity (Wildman–Crippen MR) is 47.8 cm³/mol. The molecule has 0 aliphatic carbocycles. The van der Waals surface area contributed by atoms with Crippen molar-refractivity contribution in [2.45, 2.75) is 6.92 Å². The molecule has 0 saturated heterocycles. The number of nitrogens with zero attached hydrogens (tertiary/aromatic N) is 1. The molecule has 2 aromatic rings. The zero-order valence-electron chi connectivity index (χ0n) is 6.76. The van der Waals surface area contributed by atoms with E-state index in [0.717, 1.165) is 16.5 Å². The van der Waals surface area contributed by atoms with Crippen LogP contribution in [0.1, 0.15) is 11.1 Å². The number of rotatable bonds is 0. The quantitative estimate of drug-likeness (QED) is 0.624. The van der Waals surface area contributed by atoms with Crippen LogP contribution >= 0.6 is 0 Å². The summed E-state index contributed by atoms with van der Waals surface area (Å²) in [6, 6.07) is 7.90. The molecule has 2 nitrogen and oxygen atoms in total. The summed E-state index contributed by atoms with van der Waals surface area (Å²) < 4.78 is 0. The molecule has 2 heteroatoms. The van der Waals surface area contributed by atoms with Crippen molar-refractivity contribution in [3.8, 4) is 6.07 Å². The minimum Gasteiger partial charge on any atom is -0.361 e. The zero-order chi connectivity index (χ0) is 8.55. The van der Waals surface area contributed by atoms with Gasteiger partial charge >= 0.3 is 0 Å². The Morgan fingerprint density at radius 2 is 2.17 bits per heavy atom. The van der Waals surface area contributed by atoms with Gasteiger partial charge in [-0.2, -0.15) is 5.26 Å². The maximum atomic E-state index is 8.78. The molecule has 58 valence electrons. The van der Waals surface area contributed by atoms with Gasteiger partial charge in [0.2, 0.25) is 0 Å². The van der Waals surface area contributed by atoms with Crippen molar-refractivity contribution < 1.29 is 0 Å². The first-order chi connectivity index (χ1) is 5.83. The molecule has 0 bridgehead atoms. The molecule has 0 fully saturated rings. The first kappa shape index (κ1) is 6.93. The Bertz CT molecular complexity index is 460. The maximum Gasteiger partial charge on any atom is 0.0998 e. The lowest BCUT2D eigenvalue weighted by atomic mass is 10.1. The summed E-state index contributed by atoms with van der Waals surface area (Å²) in [6.45, 7) is 2.03. The van der Waals surface area contributed by atoms with Gasteiger partial charge in [-0.25, -0.2) is 0 Å². The second-order valence-corrected chi connectivity index (χ2v) is 2.81. The molecule has 12 heavy (non-hydrogen) atoms. The van der Waals surface area contributed by atoms with Crippen LogP contribution in [-0.4, -0.2) is 4.98 Å². The van der Waals surface area contributed by atoms with Crippen molar-refractivity contribution in [1.82, 2.24) is 4.98 Å². The molecule has 1 aromatic heterocycles. The second kappa shape index (κ2) is 2.38. The molecule has 1 heterocycles. The van der Waals surface area contributed by atoms with E-state index >= 15 is 0 Å². The van der Waals surface area contributed by atoms with Crippen molar-refractivity contribution in [3.05, 3.63) is 35.5 Å². The Morgan fingerprint density at radius 3 is 2.92 bits per heavy atom. The van der Waals surface area contributed by atoms with E-state index < -0.39 is 0 Å². The lowest BCUT2D eigenvalue weighted by Crippen LogP contribution is -1.79. The normalized spacial score (nSPS) is 10.0. The number of benzene rings is 1. The molecular weight excluding hydrogens is 148 g/mol. The van der Waals surface area contributed by atoms with Crippen LogP contribution in [0.4, 0.5) is 0 Å². The molecule has 1 N–H and O–H groups in total. The Hall–Kier alpha value is -1.75. The van der Waals surface area contributed by atoms with Crippen LogP contribution in [0.5, 0.6) is 0 Å². The molecule has 0 radical (unpaired) electrons. The smallest absolute Gasteiger partial charge is 0.0998 e. The highest BCUT2D eigenvalue weighted by Crippen LogP contribution is 2.19. The fraction of sp³-hybridized carbons (Fsp3) is 0.100. The number of H-pyrrole nitrogens is 1. The van der Waals surface area contributed by atoms with Gasteiger partial charge in [-0.1, -0.05) is 6.07 Å².